The maximum Gasteiger partial charge on any atom is 0.328 e. The first-order valence-electron chi connectivity index (χ1n) is 12.1. The molecule has 0 amide bonds. The van der Waals surface area contributed by atoms with E-state index in [2.05, 4.69) is 5.32 Å². The molecule has 2 unspecified atom stereocenters. The molecule has 0 spiro atoms. The molecule has 0 aliphatic carbocycles. The third-order valence-electron chi connectivity index (χ3n) is 7.31. The third-order valence-corrected chi connectivity index (χ3v) is 8.22. The van der Waals surface area contributed by atoms with Crippen molar-refractivity contribution in [2.75, 3.05) is 26.2 Å². The number of nitrogens with zero attached hydrogens (tertiary/aromatic N) is 1. The zero-order valence-electron chi connectivity index (χ0n) is 19.3. The quantitative estimate of drug-likeness (QED) is 0.279. The second-order valence-electron chi connectivity index (χ2n) is 9.55. The van der Waals surface area contributed by atoms with Gasteiger partial charge < -0.3 is 9.22 Å². The van der Waals surface area contributed by atoms with E-state index in [0.29, 0.717) is 19.0 Å². The molecule has 176 valence electrons. The van der Waals surface area contributed by atoms with Crippen LogP contribution in [0.2, 0.25) is 0 Å². The lowest BCUT2D eigenvalue weighted by Gasteiger charge is -2.51. The number of nitrogens with one attached hydrogen (secondary N) is 1. The lowest BCUT2D eigenvalue weighted by molar-refractivity contribution is -0.938. The van der Waals surface area contributed by atoms with Crippen molar-refractivity contribution in [3.8, 4) is 0 Å². The number of carbonyl (C=O) groups excluding carboxylic acids is 2. The maximum absolute atomic E-state index is 13.5. The average molecular weight is 476 g/mol. The summed E-state index contributed by atoms with van der Waals surface area (Å²) in [6.07, 6.45) is 1.86. The number of Topliss-reactive ketones (excluding diaryl/α,β-unsaturated/α-hetero) is 1. The van der Waals surface area contributed by atoms with Crippen molar-refractivity contribution < 1.29 is 18.8 Å². The van der Waals surface area contributed by atoms with Crippen LogP contribution >= 0.6 is 11.3 Å². The van der Waals surface area contributed by atoms with Gasteiger partial charge in [-0.3, -0.25) is 10.1 Å². The number of esters is 1. The van der Waals surface area contributed by atoms with E-state index >= 15 is 0 Å². The smallest absolute Gasteiger partial charge is 0.328 e. The number of quaternary nitrogens is 1. The van der Waals surface area contributed by atoms with Crippen LogP contribution in [0.25, 0.3) is 0 Å². The van der Waals surface area contributed by atoms with E-state index in [1.165, 1.54) is 11.3 Å². The highest BCUT2D eigenvalue weighted by molar-refractivity contribution is 7.12. The van der Waals surface area contributed by atoms with Crippen LogP contribution in [0.15, 0.2) is 78.2 Å². The molecule has 4 heterocycles. The van der Waals surface area contributed by atoms with Crippen molar-refractivity contribution >= 4 is 23.1 Å². The van der Waals surface area contributed by atoms with Crippen molar-refractivity contribution in [3.63, 3.8) is 0 Å². The van der Waals surface area contributed by atoms with Crippen LogP contribution < -0.4 is 5.32 Å². The highest BCUT2D eigenvalue weighted by Crippen LogP contribution is 2.36. The fourth-order valence-corrected chi connectivity index (χ4v) is 6.07. The van der Waals surface area contributed by atoms with Gasteiger partial charge in [0.2, 0.25) is 5.78 Å². The van der Waals surface area contributed by atoms with Gasteiger partial charge >= 0.3 is 5.97 Å². The average Bonchev–Trinajstić information content (AvgIpc) is 3.41. The Labute approximate surface area is 205 Å². The molecule has 1 N–H and O–H groups in total. The molecule has 0 radical (unpaired) electrons. The number of rotatable bonds is 9. The number of ketones is 1. The van der Waals surface area contributed by atoms with E-state index in [4.69, 9.17) is 4.74 Å². The molecular formula is C28H31N2O3S+. The second kappa shape index (κ2) is 10.2. The van der Waals surface area contributed by atoms with Gasteiger partial charge in [0, 0.05) is 25.3 Å². The van der Waals surface area contributed by atoms with Crippen LogP contribution in [0.4, 0.5) is 0 Å². The minimum absolute atomic E-state index is 0.143. The Morgan fingerprint density at radius 3 is 2.35 bits per heavy atom. The van der Waals surface area contributed by atoms with Crippen LogP contribution in [0.5, 0.6) is 0 Å². The summed E-state index contributed by atoms with van der Waals surface area (Å²) in [5.41, 5.74) is 2.03. The number of thiophene rings is 1. The lowest BCUT2D eigenvalue weighted by Crippen LogP contribution is -2.65. The lowest BCUT2D eigenvalue weighted by atomic mass is 9.83. The predicted molar refractivity (Wildman–Crippen MR) is 133 cm³/mol. The molecule has 3 saturated heterocycles. The van der Waals surface area contributed by atoms with Crippen molar-refractivity contribution in [1.29, 1.82) is 0 Å². The SMILES string of the molecule is O=C(C[N+]12CCC(CC1)C(OC(=O)C(NCc1ccccc1)c1ccccc1)C2)c1cccs1. The summed E-state index contributed by atoms with van der Waals surface area (Å²) < 4.78 is 6.94. The first-order valence-corrected chi connectivity index (χ1v) is 12.9. The van der Waals surface area contributed by atoms with Gasteiger partial charge in [0.15, 0.2) is 6.10 Å². The molecule has 3 fully saturated rings. The van der Waals surface area contributed by atoms with Gasteiger partial charge in [-0.15, -0.1) is 11.3 Å². The van der Waals surface area contributed by atoms with Gasteiger partial charge in [0.25, 0.3) is 0 Å². The molecule has 3 aliphatic rings. The van der Waals surface area contributed by atoms with Gasteiger partial charge in [-0.1, -0.05) is 66.7 Å². The Morgan fingerprint density at radius 1 is 0.971 bits per heavy atom. The number of carbonyl (C=O) groups is 2. The van der Waals surface area contributed by atoms with Gasteiger partial charge in [0.05, 0.1) is 18.0 Å². The van der Waals surface area contributed by atoms with E-state index < -0.39 is 6.04 Å². The minimum atomic E-state index is -0.530. The summed E-state index contributed by atoms with van der Waals surface area (Å²) in [4.78, 5) is 27.2. The molecule has 0 saturated carbocycles. The highest BCUT2D eigenvalue weighted by atomic mass is 32.1. The monoisotopic (exact) mass is 475 g/mol. The maximum atomic E-state index is 13.5. The van der Waals surface area contributed by atoms with Crippen molar-refractivity contribution in [2.45, 2.75) is 31.5 Å². The number of ether oxygens (including phenoxy) is 1. The normalized spacial score (nSPS) is 24.5. The van der Waals surface area contributed by atoms with E-state index in [-0.39, 0.29) is 17.9 Å². The summed E-state index contributed by atoms with van der Waals surface area (Å²) in [7, 11) is 0. The van der Waals surface area contributed by atoms with E-state index in [0.717, 1.165) is 53.0 Å². The number of fused-ring (bicyclic) bond motifs is 3. The largest absolute Gasteiger partial charge is 0.455 e. The van der Waals surface area contributed by atoms with Gasteiger partial charge in [-0.05, 0) is 22.6 Å². The first kappa shape index (κ1) is 23.0. The fourth-order valence-electron chi connectivity index (χ4n) is 5.41. The molecule has 1 aromatic heterocycles. The molecule has 2 bridgehead atoms. The zero-order chi connectivity index (χ0) is 23.4. The summed E-state index contributed by atoms with van der Waals surface area (Å²) >= 11 is 1.51. The molecule has 5 nitrogen and oxygen atoms in total. The number of hydrogen-bond donors (Lipinski definition) is 1. The standard InChI is InChI=1S/C28H31N2O3S/c31-24(26-12-7-17-34-26)19-30-15-13-22(14-16-30)25(20-30)33-28(32)27(23-10-5-2-6-11-23)29-18-21-8-3-1-4-9-21/h1-12,17,22,25,27,29H,13-16,18-20H2/q+1. The summed E-state index contributed by atoms with van der Waals surface area (Å²) in [5.74, 6) is 0.349. The molecular weight excluding hydrogens is 444 g/mol. The second-order valence-corrected chi connectivity index (χ2v) is 10.5. The van der Waals surface area contributed by atoms with E-state index in [1.807, 2.05) is 78.2 Å². The van der Waals surface area contributed by atoms with Crippen LogP contribution in [0, 0.1) is 5.92 Å². The van der Waals surface area contributed by atoms with Crippen molar-refractivity contribution in [3.05, 3.63) is 94.2 Å². The molecule has 34 heavy (non-hydrogen) atoms. The molecule has 2 atom stereocenters. The van der Waals surface area contributed by atoms with E-state index in [1.54, 1.807) is 0 Å². The van der Waals surface area contributed by atoms with Crippen LogP contribution in [-0.4, -0.2) is 48.5 Å². The Hall–Kier alpha value is -2.80. The van der Waals surface area contributed by atoms with Gasteiger partial charge in [-0.2, -0.15) is 0 Å². The molecule has 3 aliphatic heterocycles. The van der Waals surface area contributed by atoms with Crippen molar-refractivity contribution in [1.82, 2.24) is 5.32 Å². The van der Waals surface area contributed by atoms with Crippen LogP contribution in [-0.2, 0) is 16.1 Å². The third kappa shape index (κ3) is 5.14. The summed E-state index contributed by atoms with van der Waals surface area (Å²) in [5, 5.41) is 5.36. The van der Waals surface area contributed by atoms with Crippen LogP contribution in [0.1, 0.15) is 39.7 Å². The number of piperidine rings is 3. The number of benzene rings is 2. The van der Waals surface area contributed by atoms with Gasteiger partial charge in [0.1, 0.15) is 19.1 Å². The van der Waals surface area contributed by atoms with Crippen molar-refractivity contribution in [2.24, 2.45) is 5.92 Å². The fraction of sp³-hybridized carbons (Fsp3) is 0.357. The molecule has 2 aromatic carbocycles. The topological polar surface area (TPSA) is 55.4 Å². The summed E-state index contributed by atoms with van der Waals surface area (Å²) in [6.45, 7) is 3.79. The molecule has 3 aromatic rings. The Bertz CT molecular complexity index is 1090. The Kier molecular flexibility index (Phi) is 6.90. The summed E-state index contributed by atoms with van der Waals surface area (Å²) in [6, 6.07) is 23.2. The highest BCUT2D eigenvalue weighted by Gasteiger charge is 2.49. The predicted octanol–water partition coefficient (Wildman–Crippen LogP) is 4.61. The Morgan fingerprint density at radius 2 is 1.68 bits per heavy atom. The molecule has 6 rings (SSSR count). The first-order chi connectivity index (χ1) is 16.6. The minimum Gasteiger partial charge on any atom is -0.455 e. The van der Waals surface area contributed by atoms with E-state index in [9.17, 15) is 9.59 Å². The van der Waals surface area contributed by atoms with Crippen LogP contribution in [0.3, 0.4) is 0 Å². The van der Waals surface area contributed by atoms with Gasteiger partial charge in [-0.25, -0.2) is 4.79 Å². The zero-order valence-corrected chi connectivity index (χ0v) is 20.1. The molecule has 6 heteroatoms. The number of hydrogen-bond acceptors (Lipinski definition) is 5. The Balaban J connectivity index is 1.28.